The van der Waals surface area contributed by atoms with Gasteiger partial charge in [-0.25, -0.2) is 0 Å². The van der Waals surface area contributed by atoms with Gasteiger partial charge in [0, 0.05) is 6.42 Å². The highest BCUT2D eigenvalue weighted by atomic mass is 16.8. The quantitative estimate of drug-likeness (QED) is 0.0386. The Morgan fingerprint density at radius 1 is 0.508 bits per heavy atom. The van der Waals surface area contributed by atoms with E-state index in [1.807, 2.05) is 6.92 Å². The molecule has 4 aliphatic heterocycles. The van der Waals surface area contributed by atoms with Crippen LogP contribution in [0.3, 0.4) is 0 Å². The number of aliphatic hydroxyl groups is 13. The second kappa shape index (κ2) is 26.2. The van der Waals surface area contributed by atoms with E-state index in [4.69, 9.17) is 43.0 Å². The Balaban J connectivity index is 1.41. The van der Waals surface area contributed by atoms with Crippen LogP contribution in [0, 0.1) is 0 Å². The molecule has 0 spiro atoms. The summed E-state index contributed by atoms with van der Waals surface area (Å²) >= 11 is 0. The van der Waals surface area contributed by atoms with Crippen LogP contribution in [0.2, 0.25) is 0 Å². The fraction of sp³-hybridized carbons (Fsp3) is 0.975. The van der Waals surface area contributed by atoms with Crippen molar-refractivity contribution in [3.63, 3.8) is 0 Å². The predicted molar refractivity (Wildman–Crippen MR) is 210 cm³/mol. The van der Waals surface area contributed by atoms with Gasteiger partial charge in [0.1, 0.15) is 91.6 Å². The van der Waals surface area contributed by atoms with Crippen molar-refractivity contribution in [2.24, 2.45) is 0 Å². The van der Waals surface area contributed by atoms with Gasteiger partial charge in [0.05, 0.1) is 38.1 Å². The minimum absolute atomic E-state index is 0.0840. The van der Waals surface area contributed by atoms with Gasteiger partial charge in [-0.15, -0.1) is 0 Å². The van der Waals surface area contributed by atoms with E-state index in [1.54, 1.807) is 0 Å². The summed E-state index contributed by atoms with van der Waals surface area (Å²) in [5.41, 5.74) is 0. The minimum Gasteiger partial charge on any atom is -0.481 e. The van der Waals surface area contributed by atoms with Gasteiger partial charge in [-0.1, -0.05) is 51.9 Å². The molecule has 22 atom stereocenters. The summed E-state index contributed by atoms with van der Waals surface area (Å²) in [7, 11) is 0. The first-order valence-electron chi connectivity index (χ1n) is 22.1. The predicted octanol–water partition coefficient (Wildman–Crippen LogP) is -4.18. The highest BCUT2D eigenvalue weighted by molar-refractivity contribution is 5.66. The Bertz CT molecular complexity index is 1300. The van der Waals surface area contributed by atoms with E-state index in [2.05, 4.69) is 0 Å². The molecule has 0 saturated carbocycles. The third kappa shape index (κ3) is 14.6. The second-order valence-corrected chi connectivity index (χ2v) is 16.9. The Morgan fingerprint density at radius 3 is 1.46 bits per heavy atom. The largest absolute Gasteiger partial charge is 0.481 e. The number of hydrogen-bond donors (Lipinski definition) is 14. The van der Waals surface area contributed by atoms with E-state index in [0.717, 1.165) is 44.9 Å². The summed E-state index contributed by atoms with van der Waals surface area (Å²) in [5.74, 6) is -0.949. The molecule has 0 aromatic heterocycles. The zero-order chi connectivity index (χ0) is 46.5. The topological polar surface area (TPSA) is 374 Å². The maximum atomic E-state index is 11.5. The molecule has 0 amide bonds. The molecule has 4 heterocycles. The Kier molecular flexibility index (Phi) is 22.6. The number of aliphatic carboxylic acids is 1. The first-order valence-corrected chi connectivity index (χ1v) is 22.1. The van der Waals surface area contributed by atoms with Gasteiger partial charge in [-0.2, -0.15) is 0 Å². The van der Waals surface area contributed by atoms with Crippen molar-refractivity contribution in [3.8, 4) is 0 Å². The lowest BCUT2D eigenvalue weighted by Crippen LogP contribution is -2.67. The molecule has 4 aliphatic rings. The molecule has 14 N–H and O–H groups in total. The van der Waals surface area contributed by atoms with Gasteiger partial charge in [0.15, 0.2) is 25.2 Å². The van der Waals surface area contributed by atoms with E-state index in [-0.39, 0.29) is 12.8 Å². The monoisotopic (exact) mass is 920 g/mol. The number of unbranched alkanes of at least 4 members (excludes halogenated alkanes) is 5. The van der Waals surface area contributed by atoms with Crippen molar-refractivity contribution in [3.05, 3.63) is 0 Å². The second-order valence-electron chi connectivity index (χ2n) is 16.9. The maximum absolute atomic E-state index is 11.5. The molecule has 0 bridgehead atoms. The molecule has 4 fully saturated rings. The van der Waals surface area contributed by atoms with Crippen LogP contribution in [0.4, 0.5) is 0 Å². The van der Waals surface area contributed by atoms with E-state index in [9.17, 15) is 71.2 Å². The molecule has 370 valence electrons. The smallest absolute Gasteiger partial charge is 0.303 e. The fourth-order valence-corrected chi connectivity index (χ4v) is 8.19. The van der Waals surface area contributed by atoms with Crippen molar-refractivity contribution >= 4 is 5.97 Å². The Morgan fingerprint density at radius 2 is 0.937 bits per heavy atom. The maximum Gasteiger partial charge on any atom is 0.303 e. The van der Waals surface area contributed by atoms with Crippen LogP contribution in [-0.2, 0) is 42.7 Å². The molecule has 0 radical (unpaired) electrons. The van der Waals surface area contributed by atoms with Crippen molar-refractivity contribution in [1.29, 1.82) is 0 Å². The van der Waals surface area contributed by atoms with Gasteiger partial charge >= 0.3 is 5.97 Å². The molecule has 4 saturated heterocycles. The zero-order valence-electron chi connectivity index (χ0n) is 35.7. The lowest BCUT2D eigenvalue weighted by atomic mass is 9.95. The van der Waals surface area contributed by atoms with Crippen LogP contribution in [0.5, 0.6) is 0 Å². The number of rotatable bonds is 25. The first kappa shape index (κ1) is 54.2. The van der Waals surface area contributed by atoms with E-state index >= 15 is 0 Å². The van der Waals surface area contributed by atoms with Gasteiger partial charge in [0.2, 0.25) is 0 Å². The molecule has 0 aromatic carbocycles. The van der Waals surface area contributed by atoms with E-state index < -0.39 is 161 Å². The van der Waals surface area contributed by atoms with Crippen LogP contribution in [0.25, 0.3) is 0 Å². The minimum atomic E-state index is -2.00. The summed E-state index contributed by atoms with van der Waals surface area (Å²) in [6, 6.07) is 0. The number of aliphatic hydroxyl groups excluding tert-OH is 13. The van der Waals surface area contributed by atoms with Crippen molar-refractivity contribution in [2.45, 2.75) is 226 Å². The first-order chi connectivity index (χ1) is 30.0. The summed E-state index contributed by atoms with van der Waals surface area (Å²) in [5, 5.41) is 147. The average Bonchev–Trinajstić information content (AvgIpc) is 3.26. The number of ether oxygens (including phenoxy) is 8. The van der Waals surface area contributed by atoms with Gasteiger partial charge in [-0.05, 0) is 32.6 Å². The van der Waals surface area contributed by atoms with Crippen LogP contribution < -0.4 is 0 Å². The highest BCUT2D eigenvalue weighted by Crippen LogP contribution is 2.35. The molecule has 0 aliphatic carbocycles. The third-order valence-corrected chi connectivity index (χ3v) is 12.1. The lowest BCUT2D eigenvalue weighted by molar-refractivity contribution is -0.389. The SMILES string of the molecule is CCCC[C@H](CCCCCCC[C@H](O)CCC(=O)O)O[C@@H]1O[C@H](CO)[C@@H](O)[C@H](O[C@H]2O[C@@H](CO)[C@H](O)[C@@H](O[C@H]3O[C@@H](C)[C@H](O)[C@@H](O[C@H]4O[C@@H](CO)[C@H](O)[C@@H](O)[C@@H]4O)[C@@H]3O)[C@@H]2O)[C@H]1O. The zero-order valence-corrected chi connectivity index (χ0v) is 35.7. The number of carboxylic acids is 1. The number of hydrogen-bond acceptors (Lipinski definition) is 22. The molecule has 23 heteroatoms. The van der Waals surface area contributed by atoms with Crippen molar-refractivity contribution < 1.29 is 114 Å². The molecular formula is C40H72O23. The lowest BCUT2D eigenvalue weighted by Gasteiger charge is -2.49. The van der Waals surface area contributed by atoms with E-state index in [1.165, 1.54) is 6.92 Å². The van der Waals surface area contributed by atoms with Crippen LogP contribution in [-0.4, -0.2) is 232 Å². The molecular weight excluding hydrogens is 848 g/mol. The fourth-order valence-electron chi connectivity index (χ4n) is 8.19. The average molecular weight is 921 g/mol. The van der Waals surface area contributed by atoms with E-state index in [0.29, 0.717) is 19.3 Å². The molecule has 23 nitrogen and oxygen atoms in total. The van der Waals surface area contributed by atoms with Crippen LogP contribution in [0.15, 0.2) is 0 Å². The molecule has 63 heavy (non-hydrogen) atoms. The Hall–Kier alpha value is -1.37. The van der Waals surface area contributed by atoms with Crippen molar-refractivity contribution in [2.75, 3.05) is 19.8 Å². The van der Waals surface area contributed by atoms with Gasteiger partial charge in [-0.3, -0.25) is 4.79 Å². The number of carbonyl (C=O) groups is 1. The highest BCUT2D eigenvalue weighted by Gasteiger charge is 2.55. The summed E-state index contributed by atoms with van der Waals surface area (Å²) < 4.78 is 46.1. The van der Waals surface area contributed by atoms with Crippen molar-refractivity contribution in [1.82, 2.24) is 0 Å². The Labute approximate surface area is 365 Å². The summed E-state index contributed by atoms with van der Waals surface area (Å²) in [4.78, 5) is 10.7. The standard InChI is InChI=1S/C40H72O23/c1-3-4-11-20(12-9-7-5-6-8-10-19(44)13-14-24(45)46)57-39-32(54)35(27(49)22(16-42)59-39)63-40-33(55)36(28(50)23(17-43)60-40)62-38-31(53)34(25(47)18(2)56-38)61-37-30(52)29(51)26(48)21(15-41)58-37/h18-23,25-44,47-55H,3-17H2,1-2H3,(H,45,46)/t18-,19-,20+,21-,22+,23-,25-,26-,27+,28-,29+,30-,31-,32+,33-,34+,35-,36+,37+,38+,39+,40+/m0/s1. The van der Waals surface area contributed by atoms with Crippen LogP contribution >= 0.6 is 0 Å². The molecule has 4 rings (SSSR count). The normalized spacial score (nSPS) is 42.2. The summed E-state index contributed by atoms with van der Waals surface area (Å²) in [6.45, 7) is 0.977. The number of carboxylic acid groups (broad SMARTS) is 1. The van der Waals surface area contributed by atoms with Crippen LogP contribution in [0.1, 0.15) is 90.9 Å². The van der Waals surface area contributed by atoms with Gasteiger partial charge in [0.25, 0.3) is 0 Å². The molecule has 0 aromatic rings. The molecule has 0 unspecified atom stereocenters. The summed E-state index contributed by atoms with van der Waals surface area (Å²) in [6.07, 6.45) is -27.4. The third-order valence-electron chi connectivity index (χ3n) is 12.1. The van der Waals surface area contributed by atoms with Gasteiger partial charge < -0.3 is 109 Å².